The summed E-state index contributed by atoms with van der Waals surface area (Å²) >= 11 is 7.72. The predicted octanol–water partition coefficient (Wildman–Crippen LogP) is 4.60. The molecule has 1 amide bonds. The number of fused-ring (bicyclic) bond motifs is 1. The normalized spacial score (nSPS) is 14.5. The Morgan fingerprint density at radius 1 is 1.14 bits per heavy atom. The van der Waals surface area contributed by atoms with Gasteiger partial charge < -0.3 is 14.5 Å². The Kier molecular flexibility index (Phi) is 5.65. The number of ether oxygens (including phenoxy) is 1. The van der Waals surface area contributed by atoms with Gasteiger partial charge in [0.15, 0.2) is 11.7 Å². The van der Waals surface area contributed by atoms with Gasteiger partial charge in [0.25, 0.3) is 5.91 Å². The molecule has 1 aromatic heterocycles. The van der Waals surface area contributed by atoms with E-state index >= 15 is 0 Å². The van der Waals surface area contributed by atoms with Crippen LogP contribution < -0.4 is 9.64 Å². The first kappa shape index (κ1) is 20.0. The SMILES string of the molecule is Cc1cc(C)c(C)c(OCC(=O)N2CCN(c3nc4ccc(Cl)cc4s3)CC2)c1. The van der Waals surface area contributed by atoms with Crippen LogP contribution in [0.3, 0.4) is 0 Å². The van der Waals surface area contributed by atoms with E-state index in [2.05, 4.69) is 17.9 Å². The summed E-state index contributed by atoms with van der Waals surface area (Å²) in [6.07, 6.45) is 0. The number of halogens is 1. The van der Waals surface area contributed by atoms with Crippen molar-refractivity contribution < 1.29 is 9.53 Å². The molecule has 1 fully saturated rings. The van der Waals surface area contributed by atoms with Crippen LogP contribution in [0, 0.1) is 20.8 Å². The van der Waals surface area contributed by atoms with Gasteiger partial charge in [-0.25, -0.2) is 4.98 Å². The Bertz CT molecular complexity index is 1060. The number of nitrogens with zero attached hydrogens (tertiary/aromatic N) is 3. The number of benzene rings is 2. The predicted molar refractivity (Wildman–Crippen MR) is 120 cm³/mol. The molecule has 2 heterocycles. The smallest absolute Gasteiger partial charge is 0.260 e. The molecule has 0 atom stereocenters. The molecule has 0 aliphatic carbocycles. The second-order valence-corrected chi connectivity index (χ2v) is 8.92. The largest absolute Gasteiger partial charge is 0.483 e. The Balaban J connectivity index is 1.34. The Hall–Kier alpha value is -2.31. The molecule has 29 heavy (non-hydrogen) atoms. The van der Waals surface area contributed by atoms with Gasteiger partial charge in [0.05, 0.1) is 10.2 Å². The van der Waals surface area contributed by atoms with E-state index in [9.17, 15) is 4.79 Å². The van der Waals surface area contributed by atoms with E-state index in [0.29, 0.717) is 13.1 Å². The van der Waals surface area contributed by atoms with Crippen molar-refractivity contribution >= 4 is 44.2 Å². The maximum atomic E-state index is 12.6. The molecule has 4 rings (SSSR count). The Morgan fingerprint density at radius 2 is 1.90 bits per heavy atom. The molecule has 0 N–H and O–H groups in total. The third-order valence-electron chi connectivity index (χ3n) is 5.36. The summed E-state index contributed by atoms with van der Waals surface area (Å²) in [6, 6.07) is 9.88. The van der Waals surface area contributed by atoms with E-state index in [4.69, 9.17) is 21.3 Å². The number of hydrogen-bond donors (Lipinski definition) is 0. The van der Waals surface area contributed by atoms with Crippen LogP contribution in [-0.4, -0.2) is 48.6 Å². The molecule has 3 aromatic rings. The highest BCUT2D eigenvalue weighted by Crippen LogP contribution is 2.31. The van der Waals surface area contributed by atoms with Crippen LogP contribution in [0.5, 0.6) is 5.75 Å². The molecule has 5 nitrogen and oxygen atoms in total. The van der Waals surface area contributed by atoms with Crippen molar-refractivity contribution in [3.8, 4) is 5.75 Å². The molecule has 1 saturated heterocycles. The van der Waals surface area contributed by atoms with Crippen molar-refractivity contribution in [2.75, 3.05) is 37.7 Å². The fraction of sp³-hybridized carbons (Fsp3) is 0.364. The molecule has 0 unspecified atom stereocenters. The minimum absolute atomic E-state index is 0.0271. The van der Waals surface area contributed by atoms with E-state index in [1.807, 2.05) is 43.0 Å². The van der Waals surface area contributed by atoms with E-state index in [-0.39, 0.29) is 12.5 Å². The zero-order chi connectivity index (χ0) is 20.5. The summed E-state index contributed by atoms with van der Waals surface area (Å²) in [5, 5.41) is 1.71. The topological polar surface area (TPSA) is 45.7 Å². The van der Waals surface area contributed by atoms with Crippen molar-refractivity contribution in [3.63, 3.8) is 0 Å². The number of thiazole rings is 1. The van der Waals surface area contributed by atoms with E-state index in [1.54, 1.807) is 11.3 Å². The fourth-order valence-corrected chi connectivity index (χ4v) is 4.84. The highest BCUT2D eigenvalue weighted by Gasteiger charge is 2.23. The van der Waals surface area contributed by atoms with Crippen LogP contribution in [0.15, 0.2) is 30.3 Å². The van der Waals surface area contributed by atoms with Gasteiger partial charge in [0.1, 0.15) is 5.75 Å². The Labute approximate surface area is 179 Å². The lowest BCUT2D eigenvalue weighted by Crippen LogP contribution is -2.50. The molecule has 0 bridgehead atoms. The highest BCUT2D eigenvalue weighted by atomic mass is 35.5. The van der Waals surface area contributed by atoms with Crippen LogP contribution >= 0.6 is 22.9 Å². The lowest BCUT2D eigenvalue weighted by molar-refractivity contribution is -0.133. The van der Waals surface area contributed by atoms with Crippen LogP contribution in [0.4, 0.5) is 5.13 Å². The van der Waals surface area contributed by atoms with Gasteiger partial charge in [0.2, 0.25) is 0 Å². The number of aromatic nitrogens is 1. The van der Waals surface area contributed by atoms with Gasteiger partial charge in [-0.1, -0.05) is 29.0 Å². The van der Waals surface area contributed by atoms with Gasteiger partial charge >= 0.3 is 0 Å². The van der Waals surface area contributed by atoms with Crippen LogP contribution in [0.2, 0.25) is 5.02 Å². The fourth-order valence-electron chi connectivity index (χ4n) is 3.55. The van der Waals surface area contributed by atoms with Crippen LogP contribution in [0.25, 0.3) is 10.2 Å². The summed E-state index contributed by atoms with van der Waals surface area (Å²) < 4.78 is 6.93. The van der Waals surface area contributed by atoms with Gasteiger partial charge in [-0.15, -0.1) is 0 Å². The standard InChI is InChI=1S/C22H24ClN3O2S/c1-14-10-15(2)16(3)19(11-14)28-13-21(27)25-6-8-26(9-7-25)22-24-18-5-4-17(23)12-20(18)29-22/h4-5,10-12H,6-9,13H2,1-3H3. The molecule has 7 heteroatoms. The zero-order valence-electron chi connectivity index (χ0n) is 16.9. The van der Waals surface area contributed by atoms with Crippen LogP contribution in [0.1, 0.15) is 16.7 Å². The number of carbonyl (C=O) groups is 1. The van der Waals surface area contributed by atoms with E-state index in [1.165, 1.54) is 5.56 Å². The minimum atomic E-state index is 0.0271. The van der Waals surface area contributed by atoms with E-state index < -0.39 is 0 Å². The molecule has 0 saturated carbocycles. The van der Waals surface area contributed by atoms with E-state index in [0.717, 1.165) is 50.3 Å². The first-order chi connectivity index (χ1) is 13.9. The van der Waals surface area contributed by atoms with Gasteiger partial charge in [-0.2, -0.15) is 0 Å². The number of hydrogen-bond acceptors (Lipinski definition) is 5. The number of rotatable bonds is 4. The summed E-state index contributed by atoms with van der Waals surface area (Å²) in [5.41, 5.74) is 4.37. The second kappa shape index (κ2) is 8.20. The molecule has 152 valence electrons. The van der Waals surface area contributed by atoms with Gasteiger partial charge in [-0.3, -0.25) is 4.79 Å². The van der Waals surface area contributed by atoms with Gasteiger partial charge in [0, 0.05) is 31.2 Å². The maximum absolute atomic E-state index is 12.6. The summed E-state index contributed by atoms with van der Waals surface area (Å²) in [5.74, 6) is 0.821. The number of amides is 1. The number of anilines is 1. The summed E-state index contributed by atoms with van der Waals surface area (Å²) in [4.78, 5) is 21.4. The molecule has 0 spiro atoms. The quantitative estimate of drug-likeness (QED) is 0.607. The van der Waals surface area contributed by atoms with Gasteiger partial charge in [-0.05, 0) is 61.7 Å². The number of piperazine rings is 1. The van der Waals surface area contributed by atoms with Crippen LogP contribution in [-0.2, 0) is 4.79 Å². The minimum Gasteiger partial charge on any atom is -0.483 e. The molecular formula is C22H24ClN3O2S. The summed E-state index contributed by atoms with van der Waals surface area (Å²) in [7, 11) is 0. The van der Waals surface area contributed by atoms with Crippen molar-refractivity contribution in [1.82, 2.24) is 9.88 Å². The van der Waals surface area contributed by atoms with Crippen molar-refractivity contribution in [1.29, 1.82) is 0 Å². The van der Waals surface area contributed by atoms with Crippen molar-refractivity contribution in [2.24, 2.45) is 0 Å². The summed E-state index contributed by atoms with van der Waals surface area (Å²) in [6.45, 7) is 9.07. The highest BCUT2D eigenvalue weighted by molar-refractivity contribution is 7.22. The first-order valence-corrected chi connectivity index (χ1v) is 10.9. The molecule has 1 aliphatic heterocycles. The zero-order valence-corrected chi connectivity index (χ0v) is 18.4. The monoisotopic (exact) mass is 429 g/mol. The lowest BCUT2D eigenvalue weighted by Gasteiger charge is -2.34. The van der Waals surface area contributed by atoms with Crippen molar-refractivity contribution in [2.45, 2.75) is 20.8 Å². The third kappa shape index (κ3) is 4.33. The third-order valence-corrected chi connectivity index (χ3v) is 6.67. The molecule has 1 aliphatic rings. The molecule has 0 radical (unpaired) electrons. The second-order valence-electron chi connectivity index (χ2n) is 7.47. The lowest BCUT2D eigenvalue weighted by atomic mass is 10.1. The Morgan fingerprint density at radius 3 is 2.66 bits per heavy atom. The average molecular weight is 430 g/mol. The number of aryl methyl sites for hydroxylation is 2. The first-order valence-electron chi connectivity index (χ1n) is 9.70. The average Bonchev–Trinajstić information content (AvgIpc) is 3.12. The number of carbonyl (C=O) groups excluding carboxylic acids is 1. The maximum Gasteiger partial charge on any atom is 0.260 e. The molecule has 2 aromatic carbocycles. The molecular weight excluding hydrogens is 406 g/mol. The van der Waals surface area contributed by atoms with Crippen molar-refractivity contribution in [3.05, 3.63) is 52.0 Å².